The first-order chi connectivity index (χ1) is 14.1. The minimum Gasteiger partial charge on any atom is -0.356 e. The summed E-state index contributed by atoms with van der Waals surface area (Å²) in [5, 5.41) is 3.59. The van der Waals surface area contributed by atoms with Gasteiger partial charge in [-0.2, -0.15) is 0 Å². The van der Waals surface area contributed by atoms with E-state index < -0.39 is 0 Å². The summed E-state index contributed by atoms with van der Waals surface area (Å²) in [6.07, 6.45) is 3.19. The van der Waals surface area contributed by atoms with Gasteiger partial charge in [0.2, 0.25) is 5.91 Å². The highest BCUT2D eigenvalue weighted by Crippen LogP contribution is 2.26. The molecule has 2 heterocycles. The topological polar surface area (TPSA) is 58.1 Å². The number of nitrogens with one attached hydrogen (secondary N) is 1. The van der Waals surface area contributed by atoms with Crippen molar-refractivity contribution in [2.24, 2.45) is 5.92 Å². The van der Waals surface area contributed by atoms with Gasteiger partial charge in [0.05, 0.1) is 5.69 Å². The summed E-state index contributed by atoms with van der Waals surface area (Å²) >= 11 is 6.00. The minimum atomic E-state index is -0.0108. The molecular formula is C23H23ClN4O. The molecule has 3 aromatic rings. The number of aryl methyl sites for hydroxylation is 1. The van der Waals surface area contributed by atoms with Gasteiger partial charge in [-0.05, 0) is 44.0 Å². The Labute approximate surface area is 175 Å². The minimum absolute atomic E-state index is 0.0108. The Hall–Kier alpha value is -2.92. The Morgan fingerprint density at radius 2 is 1.86 bits per heavy atom. The van der Waals surface area contributed by atoms with Crippen LogP contribution in [-0.4, -0.2) is 29.0 Å². The molecule has 1 amide bonds. The number of carbonyl (C=O) groups excluding carboxylic acids is 1. The van der Waals surface area contributed by atoms with Crippen molar-refractivity contribution in [3.05, 3.63) is 71.5 Å². The fourth-order valence-electron chi connectivity index (χ4n) is 3.66. The van der Waals surface area contributed by atoms with E-state index in [0.29, 0.717) is 5.02 Å². The van der Waals surface area contributed by atoms with Crippen molar-refractivity contribution in [1.82, 2.24) is 9.97 Å². The molecule has 1 aliphatic rings. The van der Waals surface area contributed by atoms with Crippen molar-refractivity contribution in [2.45, 2.75) is 19.8 Å². The number of nitrogens with zero attached hydrogens (tertiary/aromatic N) is 3. The number of piperidine rings is 1. The Balaban J connectivity index is 1.39. The van der Waals surface area contributed by atoms with Crippen LogP contribution in [0.15, 0.2) is 60.9 Å². The molecule has 5 nitrogen and oxygen atoms in total. The lowest BCUT2D eigenvalue weighted by Gasteiger charge is -2.32. The van der Waals surface area contributed by atoms with Crippen molar-refractivity contribution in [3.63, 3.8) is 0 Å². The van der Waals surface area contributed by atoms with Gasteiger partial charge in [-0.15, -0.1) is 0 Å². The Bertz CT molecular complexity index is 1020. The van der Waals surface area contributed by atoms with Gasteiger partial charge in [-0.3, -0.25) is 4.79 Å². The lowest BCUT2D eigenvalue weighted by molar-refractivity contribution is -0.120. The van der Waals surface area contributed by atoms with Crippen LogP contribution in [0.4, 0.5) is 11.5 Å². The number of hydrogen-bond donors (Lipinski definition) is 1. The van der Waals surface area contributed by atoms with E-state index in [0.717, 1.165) is 48.7 Å². The van der Waals surface area contributed by atoms with Gasteiger partial charge >= 0.3 is 0 Å². The van der Waals surface area contributed by atoms with E-state index in [1.807, 2.05) is 24.3 Å². The zero-order chi connectivity index (χ0) is 20.2. The van der Waals surface area contributed by atoms with Gasteiger partial charge in [-0.1, -0.05) is 41.4 Å². The van der Waals surface area contributed by atoms with Crippen LogP contribution in [0.1, 0.15) is 18.4 Å². The van der Waals surface area contributed by atoms with Crippen molar-refractivity contribution >= 4 is 29.0 Å². The molecule has 29 heavy (non-hydrogen) atoms. The zero-order valence-corrected chi connectivity index (χ0v) is 17.1. The molecule has 0 spiro atoms. The van der Waals surface area contributed by atoms with Crippen LogP contribution < -0.4 is 10.2 Å². The van der Waals surface area contributed by atoms with Crippen molar-refractivity contribution in [3.8, 4) is 11.3 Å². The van der Waals surface area contributed by atoms with E-state index in [1.165, 1.54) is 5.56 Å². The molecule has 148 valence electrons. The summed E-state index contributed by atoms with van der Waals surface area (Å²) in [5.74, 6) is 0.948. The number of rotatable bonds is 4. The third-order valence-corrected chi connectivity index (χ3v) is 5.48. The Morgan fingerprint density at radius 1 is 1.07 bits per heavy atom. The number of benzene rings is 2. The van der Waals surface area contributed by atoms with E-state index in [2.05, 4.69) is 45.3 Å². The molecule has 4 rings (SSSR count). The molecule has 0 atom stereocenters. The number of anilines is 2. The summed E-state index contributed by atoms with van der Waals surface area (Å²) in [7, 11) is 0. The third-order valence-electron chi connectivity index (χ3n) is 5.25. The van der Waals surface area contributed by atoms with Crippen LogP contribution in [0.3, 0.4) is 0 Å². The maximum atomic E-state index is 12.6. The molecule has 1 fully saturated rings. The first-order valence-electron chi connectivity index (χ1n) is 9.79. The molecule has 1 aromatic heterocycles. The highest BCUT2D eigenvalue weighted by Gasteiger charge is 2.26. The second-order valence-electron chi connectivity index (χ2n) is 7.39. The van der Waals surface area contributed by atoms with Crippen LogP contribution in [0.2, 0.25) is 5.02 Å². The molecular weight excluding hydrogens is 384 g/mol. The number of aromatic nitrogens is 2. The molecule has 1 N–H and O–H groups in total. The molecule has 0 unspecified atom stereocenters. The van der Waals surface area contributed by atoms with Gasteiger partial charge < -0.3 is 10.2 Å². The van der Waals surface area contributed by atoms with E-state index in [-0.39, 0.29) is 11.8 Å². The quantitative estimate of drug-likeness (QED) is 0.665. The predicted octanol–water partition coefficient (Wildman–Crippen LogP) is 4.96. The van der Waals surface area contributed by atoms with Crippen molar-refractivity contribution in [2.75, 3.05) is 23.3 Å². The highest BCUT2D eigenvalue weighted by molar-refractivity contribution is 6.30. The second-order valence-corrected chi connectivity index (χ2v) is 7.83. The van der Waals surface area contributed by atoms with Gasteiger partial charge in [-0.25, -0.2) is 9.97 Å². The average molecular weight is 407 g/mol. The van der Waals surface area contributed by atoms with Gasteiger partial charge in [0, 0.05) is 41.3 Å². The van der Waals surface area contributed by atoms with Crippen LogP contribution in [0.5, 0.6) is 0 Å². The summed E-state index contributed by atoms with van der Waals surface area (Å²) in [5.41, 5.74) is 3.95. The number of hydrogen-bond acceptors (Lipinski definition) is 4. The molecule has 6 heteroatoms. The zero-order valence-electron chi connectivity index (χ0n) is 16.3. The second kappa shape index (κ2) is 8.62. The summed E-state index contributed by atoms with van der Waals surface area (Å²) in [6.45, 7) is 3.65. The van der Waals surface area contributed by atoms with Crippen molar-refractivity contribution < 1.29 is 4.79 Å². The van der Waals surface area contributed by atoms with E-state index in [1.54, 1.807) is 18.5 Å². The molecule has 0 bridgehead atoms. The monoisotopic (exact) mass is 406 g/mol. The largest absolute Gasteiger partial charge is 0.356 e. The molecule has 0 radical (unpaired) electrons. The fourth-order valence-corrected chi connectivity index (χ4v) is 3.85. The molecule has 2 aromatic carbocycles. The van der Waals surface area contributed by atoms with Gasteiger partial charge in [0.25, 0.3) is 0 Å². The maximum Gasteiger partial charge on any atom is 0.227 e. The molecule has 1 saturated heterocycles. The first-order valence-corrected chi connectivity index (χ1v) is 10.2. The third kappa shape index (κ3) is 4.74. The van der Waals surface area contributed by atoms with Crippen LogP contribution in [0.25, 0.3) is 11.3 Å². The Kier molecular flexibility index (Phi) is 5.76. The van der Waals surface area contributed by atoms with Crippen LogP contribution in [0, 0.1) is 12.8 Å². The fraction of sp³-hybridized carbons (Fsp3) is 0.261. The number of halogens is 1. The smallest absolute Gasteiger partial charge is 0.227 e. The maximum absolute atomic E-state index is 12.6. The predicted molar refractivity (Wildman–Crippen MR) is 117 cm³/mol. The molecule has 1 aliphatic heterocycles. The summed E-state index contributed by atoms with van der Waals surface area (Å²) in [4.78, 5) is 23.7. The van der Waals surface area contributed by atoms with Gasteiger partial charge in [0.15, 0.2) is 0 Å². The summed E-state index contributed by atoms with van der Waals surface area (Å²) in [6, 6.07) is 17.6. The van der Waals surface area contributed by atoms with Crippen molar-refractivity contribution in [1.29, 1.82) is 0 Å². The van der Waals surface area contributed by atoms with E-state index in [4.69, 9.17) is 11.6 Å². The number of carbonyl (C=O) groups is 1. The first kappa shape index (κ1) is 19.4. The SMILES string of the molecule is Cc1cccc(-c2cc(N3CCC(C(=O)Nc4cccc(Cl)c4)CC3)ncn2)c1. The van der Waals surface area contributed by atoms with E-state index >= 15 is 0 Å². The van der Waals surface area contributed by atoms with E-state index in [9.17, 15) is 4.79 Å². The lowest BCUT2D eigenvalue weighted by atomic mass is 9.95. The van der Waals surface area contributed by atoms with Crippen LogP contribution >= 0.6 is 11.6 Å². The lowest BCUT2D eigenvalue weighted by Crippen LogP contribution is -2.38. The normalized spacial score (nSPS) is 14.6. The molecule has 0 aliphatic carbocycles. The number of amides is 1. The Morgan fingerprint density at radius 3 is 2.62 bits per heavy atom. The molecule has 0 saturated carbocycles. The van der Waals surface area contributed by atoms with Gasteiger partial charge in [0.1, 0.15) is 12.1 Å². The summed E-state index contributed by atoms with van der Waals surface area (Å²) < 4.78 is 0. The highest BCUT2D eigenvalue weighted by atomic mass is 35.5. The average Bonchev–Trinajstić information content (AvgIpc) is 2.74. The van der Waals surface area contributed by atoms with Crippen LogP contribution in [-0.2, 0) is 4.79 Å². The standard InChI is InChI=1S/C23H23ClN4O/c1-16-4-2-5-18(12-16)21-14-22(26-15-25-21)28-10-8-17(9-11-28)23(29)27-20-7-3-6-19(24)13-20/h2-7,12-15,17H,8-11H2,1H3,(H,27,29).